The van der Waals surface area contributed by atoms with Gasteiger partial charge in [-0.25, -0.2) is 0 Å². The highest BCUT2D eigenvalue weighted by atomic mass is 79.9. The summed E-state index contributed by atoms with van der Waals surface area (Å²) in [4.78, 5) is 0. The second-order valence-electron chi connectivity index (χ2n) is 3.01. The maximum atomic E-state index is 9.73. The van der Waals surface area contributed by atoms with E-state index in [0.717, 1.165) is 4.47 Å². The summed E-state index contributed by atoms with van der Waals surface area (Å²) in [5.74, 6) is 0.189. The fourth-order valence-electron chi connectivity index (χ4n) is 1.20. The SMILES string of the molecule is NCCC(N)c1cc(Br)cc(Br)c1O. The molecular formula is C9H12Br2N2O. The minimum atomic E-state index is -0.228. The lowest BCUT2D eigenvalue weighted by Crippen LogP contribution is -2.15. The molecule has 78 valence electrons. The van der Waals surface area contributed by atoms with Crippen LogP contribution in [0.25, 0.3) is 0 Å². The monoisotopic (exact) mass is 322 g/mol. The summed E-state index contributed by atoms with van der Waals surface area (Å²) in [6, 6.07) is 3.35. The highest BCUT2D eigenvalue weighted by Gasteiger charge is 2.13. The van der Waals surface area contributed by atoms with E-state index in [1.165, 1.54) is 0 Å². The molecule has 0 saturated carbocycles. The van der Waals surface area contributed by atoms with Crippen LogP contribution in [-0.2, 0) is 0 Å². The summed E-state index contributed by atoms with van der Waals surface area (Å²) >= 11 is 6.59. The Kier molecular flexibility index (Phi) is 4.37. The zero-order valence-corrected chi connectivity index (χ0v) is 10.7. The van der Waals surface area contributed by atoms with E-state index in [1.54, 1.807) is 12.1 Å². The fourth-order valence-corrected chi connectivity index (χ4v) is 2.46. The molecule has 0 radical (unpaired) electrons. The Morgan fingerprint density at radius 1 is 1.36 bits per heavy atom. The first-order chi connectivity index (χ1) is 6.56. The number of phenols is 1. The number of benzene rings is 1. The standard InChI is InChI=1S/C9H12Br2N2O/c10-5-3-6(8(13)1-2-12)9(14)7(11)4-5/h3-4,8,14H,1-2,12-13H2. The van der Waals surface area contributed by atoms with Gasteiger partial charge < -0.3 is 16.6 Å². The topological polar surface area (TPSA) is 72.3 Å². The molecule has 0 heterocycles. The average molecular weight is 324 g/mol. The van der Waals surface area contributed by atoms with Crippen molar-refractivity contribution in [3.63, 3.8) is 0 Å². The molecular weight excluding hydrogens is 312 g/mol. The first kappa shape index (κ1) is 12.0. The van der Waals surface area contributed by atoms with Crippen molar-refractivity contribution in [2.75, 3.05) is 6.54 Å². The van der Waals surface area contributed by atoms with E-state index in [1.807, 2.05) is 0 Å². The number of halogens is 2. The Morgan fingerprint density at radius 3 is 2.57 bits per heavy atom. The number of rotatable bonds is 3. The van der Waals surface area contributed by atoms with Crippen molar-refractivity contribution >= 4 is 31.9 Å². The molecule has 0 aliphatic rings. The van der Waals surface area contributed by atoms with Gasteiger partial charge in [-0.2, -0.15) is 0 Å². The highest BCUT2D eigenvalue weighted by molar-refractivity contribution is 9.11. The van der Waals surface area contributed by atoms with Gasteiger partial charge in [-0.15, -0.1) is 0 Å². The molecule has 0 aromatic heterocycles. The van der Waals surface area contributed by atoms with Crippen LogP contribution in [0, 0.1) is 0 Å². The number of nitrogens with two attached hydrogens (primary N) is 2. The van der Waals surface area contributed by atoms with Gasteiger partial charge in [0, 0.05) is 16.1 Å². The van der Waals surface area contributed by atoms with Gasteiger partial charge in [0.2, 0.25) is 0 Å². The molecule has 0 saturated heterocycles. The van der Waals surface area contributed by atoms with Crippen molar-refractivity contribution in [1.82, 2.24) is 0 Å². The summed E-state index contributed by atoms with van der Waals surface area (Å²) in [5.41, 5.74) is 12.0. The minimum absolute atomic E-state index is 0.189. The maximum Gasteiger partial charge on any atom is 0.134 e. The van der Waals surface area contributed by atoms with E-state index in [-0.39, 0.29) is 11.8 Å². The Morgan fingerprint density at radius 2 is 2.00 bits per heavy atom. The summed E-state index contributed by atoms with van der Waals surface area (Å²) in [5, 5.41) is 9.73. The van der Waals surface area contributed by atoms with Crippen molar-refractivity contribution < 1.29 is 5.11 Å². The zero-order chi connectivity index (χ0) is 10.7. The van der Waals surface area contributed by atoms with Crippen LogP contribution in [0.3, 0.4) is 0 Å². The lowest BCUT2D eigenvalue weighted by atomic mass is 10.0. The van der Waals surface area contributed by atoms with Crippen LogP contribution in [0.5, 0.6) is 5.75 Å². The van der Waals surface area contributed by atoms with Crippen molar-refractivity contribution in [2.45, 2.75) is 12.5 Å². The third-order valence-corrected chi connectivity index (χ3v) is 3.00. The van der Waals surface area contributed by atoms with Crippen LogP contribution in [0.15, 0.2) is 21.1 Å². The van der Waals surface area contributed by atoms with E-state index < -0.39 is 0 Å². The Labute approximate surface area is 99.7 Å². The molecule has 1 unspecified atom stereocenters. The molecule has 3 nitrogen and oxygen atoms in total. The van der Waals surface area contributed by atoms with Crippen LogP contribution in [0.4, 0.5) is 0 Å². The Bertz CT molecular complexity index is 331. The Hall–Kier alpha value is -0.100. The Balaban J connectivity index is 3.07. The molecule has 0 aliphatic heterocycles. The van der Waals surface area contributed by atoms with Gasteiger partial charge in [0.15, 0.2) is 0 Å². The van der Waals surface area contributed by atoms with E-state index >= 15 is 0 Å². The molecule has 1 aromatic rings. The van der Waals surface area contributed by atoms with Crippen LogP contribution in [-0.4, -0.2) is 11.7 Å². The molecule has 0 spiro atoms. The van der Waals surface area contributed by atoms with E-state index in [2.05, 4.69) is 31.9 Å². The first-order valence-corrected chi connectivity index (χ1v) is 5.78. The van der Waals surface area contributed by atoms with Crippen molar-refractivity contribution in [3.05, 3.63) is 26.6 Å². The van der Waals surface area contributed by atoms with Crippen LogP contribution in [0.1, 0.15) is 18.0 Å². The number of hydrogen-bond acceptors (Lipinski definition) is 3. The molecule has 0 bridgehead atoms. The van der Waals surface area contributed by atoms with Crippen molar-refractivity contribution in [3.8, 4) is 5.75 Å². The second kappa shape index (κ2) is 5.11. The fraction of sp³-hybridized carbons (Fsp3) is 0.333. The smallest absolute Gasteiger partial charge is 0.134 e. The van der Waals surface area contributed by atoms with Gasteiger partial charge in [-0.05, 0) is 41.0 Å². The second-order valence-corrected chi connectivity index (χ2v) is 4.78. The van der Waals surface area contributed by atoms with E-state index in [4.69, 9.17) is 11.5 Å². The predicted octanol–water partition coefficient (Wildman–Crippen LogP) is 2.27. The maximum absolute atomic E-state index is 9.73. The number of aromatic hydroxyl groups is 1. The lowest BCUT2D eigenvalue weighted by molar-refractivity contribution is 0.455. The minimum Gasteiger partial charge on any atom is -0.506 e. The number of hydrogen-bond donors (Lipinski definition) is 3. The van der Waals surface area contributed by atoms with Gasteiger partial charge in [0.1, 0.15) is 5.75 Å². The predicted molar refractivity (Wildman–Crippen MR) is 64.1 cm³/mol. The summed E-state index contributed by atoms with van der Waals surface area (Å²) in [6.45, 7) is 0.505. The molecule has 0 fully saturated rings. The molecule has 1 rings (SSSR count). The van der Waals surface area contributed by atoms with Crippen LogP contribution >= 0.6 is 31.9 Å². The first-order valence-electron chi connectivity index (χ1n) is 4.19. The van der Waals surface area contributed by atoms with Crippen molar-refractivity contribution in [1.29, 1.82) is 0 Å². The molecule has 5 heteroatoms. The number of phenolic OH excluding ortho intramolecular Hbond substituents is 1. The molecule has 1 atom stereocenters. The molecule has 0 aliphatic carbocycles. The lowest BCUT2D eigenvalue weighted by Gasteiger charge is -2.14. The van der Waals surface area contributed by atoms with Gasteiger partial charge in [-0.1, -0.05) is 15.9 Å². The third-order valence-electron chi connectivity index (χ3n) is 1.93. The summed E-state index contributed by atoms with van der Waals surface area (Å²) in [6.07, 6.45) is 0.649. The van der Waals surface area contributed by atoms with Crippen LogP contribution < -0.4 is 11.5 Å². The van der Waals surface area contributed by atoms with Gasteiger partial charge in [0.25, 0.3) is 0 Å². The van der Waals surface area contributed by atoms with Gasteiger partial charge in [-0.3, -0.25) is 0 Å². The average Bonchev–Trinajstić information content (AvgIpc) is 2.11. The van der Waals surface area contributed by atoms with Gasteiger partial charge >= 0.3 is 0 Å². The van der Waals surface area contributed by atoms with Crippen molar-refractivity contribution in [2.24, 2.45) is 11.5 Å². The van der Waals surface area contributed by atoms with Gasteiger partial charge in [0.05, 0.1) is 4.47 Å². The quantitative estimate of drug-likeness (QED) is 0.799. The molecule has 14 heavy (non-hydrogen) atoms. The normalized spacial score (nSPS) is 12.9. The highest BCUT2D eigenvalue weighted by Crippen LogP contribution is 2.35. The molecule has 1 aromatic carbocycles. The van der Waals surface area contributed by atoms with E-state index in [0.29, 0.717) is 23.0 Å². The summed E-state index contributed by atoms with van der Waals surface area (Å²) < 4.78 is 1.51. The van der Waals surface area contributed by atoms with Crippen LogP contribution in [0.2, 0.25) is 0 Å². The van der Waals surface area contributed by atoms with E-state index in [9.17, 15) is 5.11 Å². The molecule has 0 amide bonds. The largest absolute Gasteiger partial charge is 0.506 e. The summed E-state index contributed by atoms with van der Waals surface area (Å²) in [7, 11) is 0. The third kappa shape index (κ3) is 2.70. The molecule has 5 N–H and O–H groups in total. The zero-order valence-electron chi connectivity index (χ0n) is 7.50.